The highest BCUT2D eigenvalue weighted by molar-refractivity contribution is 7.90. The minimum absolute atomic E-state index is 0.185. The number of nitrogens with zero attached hydrogens (tertiary/aromatic N) is 1. The van der Waals surface area contributed by atoms with Gasteiger partial charge in [-0.15, -0.1) is 6.58 Å². The summed E-state index contributed by atoms with van der Waals surface area (Å²) in [5, 5.41) is 0.870. The number of para-hydroxylation sites is 1. The van der Waals surface area contributed by atoms with Gasteiger partial charge in [0.15, 0.2) is 0 Å². The molecular formula is C20H19NO3S. The fraction of sp³-hybridized carbons (Fsp3) is 0.200. The second kappa shape index (κ2) is 5.31. The average molecular weight is 353 g/mol. The molecule has 0 bridgehead atoms. The Kier molecular flexibility index (Phi) is 3.42. The van der Waals surface area contributed by atoms with Crippen molar-refractivity contribution in [2.24, 2.45) is 0 Å². The van der Waals surface area contributed by atoms with Crippen molar-refractivity contribution in [2.75, 3.05) is 0 Å². The van der Waals surface area contributed by atoms with Gasteiger partial charge in [-0.05, 0) is 32.0 Å². The van der Waals surface area contributed by atoms with Crippen LogP contribution in [0.25, 0.3) is 10.9 Å². The lowest BCUT2D eigenvalue weighted by molar-refractivity contribution is 0.346. The van der Waals surface area contributed by atoms with Crippen LogP contribution in [0.4, 0.5) is 0 Å². The molecule has 1 saturated heterocycles. The van der Waals surface area contributed by atoms with Crippen LogP contribution in [0.15, 0.2) is 72.3 Å². The third-order valence-corrected chi connectivity index (χ3v) is 6.50. The van der Waals surface area contributed by atoms with Gasteiger partial charge in [-0.25, -0.2) is 12.4 Å². The Morgan fingerprint density at radius 2 is 1.88 bits per heavy atom. The molecule has 0 spiro atoms. The number of benzene rings is 2. The van der Waals surface area contributed by atoms with E-state index in [-0.39, 0.29) is 11.0 Å². The van der Waals surface area contributed by atoms with Gasteiger partial charge < -0.3 is 4.74 Å². The predicted molar refractivity (Wildman–Crippen MR) is 98.1 cm³/mol. The van der Waals surface area contributed by atoms with Crippen molar-refractivity contribution in [1.82, 2.24) is 3.97 Å². The molecule has 2 aromatic carbocycles. The minimum atomic E-state index is -3.68. The summed E-state index contributed by atoms with van der Waals surface area (Å²) in [4.78, 5) is 0.272. The highest BCUT2D eigenvalue weighted by Crippen LogP contribution is 2.52. The number of hydrogen-bond donors (Lipinski definition) is 0. The number of fused-ring (bicyclic) bond motifs is 1. The van der Waals surface area contributed by atoms with Crippen LogP contribution >= 0.6 is 0 Å². The molecule has 2 heterocycles. The number of ether oxygens (including phenoxy) is 1. The molecule has 4 nitrogen and oxygen atoms in total. The van der Waals surface area contributed by atoms with Crippen LogP contribution in [-0.4, -0.2) is 18.0 Å². The predicted octanol–water partition coefficient (Wildman–Crippen LogP) is 4.20. The van der Waals surface area contributed by atoms with Gasteiger partial charge in [0.25, 0.3) is 10.0 Å². The van der Waals surface area contributed by atoms with E-state index in [2.05, 4.69) is 6.58 Å². The van der Waals surface area contributed by atoms with E-state index >= 15 is 0 Å². The van der Waals surface area contributed by atoms with E-state index < -0.39 is 15.6 Å². The van der Waals surface area contributed by atoms with Gasteiger partial charge in [0.1, 0.15) is 11.7 Å². The van der Waals surface area contributed by atoms with Gasteiger partial charge in [0, 0.05) is 17.1 Å². The van der Waals surface area contributed by atoms with Gasteiger partial charge in [-0.1, -0.05) is 42.0 Å². The molecule has 5 heteroatoms. The Hall–Kier alpha value is -2.37. The maximum absolute atomic E-state index is 13.1. The van der Waals surface area contributed by atoms with Crippen molar-refractivity contribution in [2.45, 2.75) is 30.4 Å². The molecule has 0 saturated carbocycles. The van der Waals surface area contributed by atoms with Crippen molar-refractivity contribution < 1.29 is 13.2 Å². The van der Waals surface area contributed by atoms with E-state index in [0.717, 1.165) is 16.5 Å². The summed E-state index contributed by atoms with van der Waals surface area (Å²) in [7, 11) is -3.68. The maximum Gasteiger partial charge on any atom is 0.268 e. The second-order valence-electron chi connectivity index (χ2n) is 6.60. The first-order valence-electron chi connectivity index (χ1n) is 8.10. The van der Waals surface area contributed by atoms with Crippen LogP contribution in [0.5, 0.6) is 0 Å². The molecule has 2 atom stereocenters. The summed E-state index contributed by atoms with van der Waals surface area (Å²) in [6.07, 6.45) is 3.19. The highest BCUT2D eigenvalue weighted by Gasteiger charge is 2.51. The molecule has 1 aromatic heterocycles. The maximum atomic E-state index is 13.1. The minimum Gasteiger partial charge on any atom is -0.357 e. The van der Waals surface area contributed by atoms with Crippen LogP contribution < -0.4 is 0 Å². The van der Waals surface area contributed by atoms with E-state index in [4.69, 9.17) is 4.74 Å². The van der Waals surface area contributed by atoms with Crippen molar-refractivity contribution in [3.63, 3.8) is 0 Å². The number of aryl methyl sites for hydroxylation is 1. The molecule has 0 aliphatic carbocycles. The summed E-state index contributed by atoms with van der Waals surface area (Å²) in [5.41, 5.74) is 2.10. The molecule has 0 amide bonds. The van der Waals surface area contributed by atoms with Crippen molar-refractivity contribution in [3.8, 4) is 0 Å². The quantitative estimate of drug-likeness (QED) is 0.522. The Morgan fingerprint density at radius 3 is 2.52 bits per heavy atom. The number of aromatic nitrogens is 1. The van der Waals surface area contributed by atoms with Gasteiger partial charge in [0.05, 0.1) is 10.4 Å². The fourth-order valence-electron chi connectivity index (χ4n) is 3.17. The molecule has 0 N–H and O–H groups in total. The fourth-order valence-corrected chi connectivity index (χ4v) is 4.55. The number of epoxide rings is 1. The lowest BCUT2D eigenvalue weighted by Crippen LogP contribution is -2.13. The van der Waals surface area contributed by atoms with Crippen LogP contribution in [0.2, 0.25) is 0 Å². The zero-order valence-corrected chi connectivity index (χ0v) is 15.0. The zero-order chi connectivity index (χ0) is 17.8. The first kappa shape index (κ1) is 16.1. The molecule has 3 aromatic rings. The van der Waals surface area contributed by atoms with Crippen LogP contribution in [0.3, 0.4) is 0 Å². The van der Waals surface area contributed by atoms with Gasteiger partial charge >= 0.3 is 0 Å². The molecule has 128 valence electrons. The molecule has 0 radical (unpaired) electrons. The first-order chi connectivity index (χ1) is 11.9. The normalized spacial score (nSPS) is 22.9. The first-order valence-corrected chi connectivity index (χ1v) is 9.54. The summed E-state index contributed by atoms with van der Waals surface area (Å²) in [6.45, 7) is 7.70. The van der Waals surface area contributed by atoms with Gasteiger partial charge in [-0.3, -0.25) is 0 Å². The smallest absolute Gasteiger partial charge is 0.268 e. The summed E-state index contributed by atoms with van der Waals surface area (Å²) in [6, 6.07) is 14.5. The molecule has 4 rings (SSSR count). The molecule has 1 aliphatic rings. The van der Waals surface area contributed by atoms with Gasteiger partial charge in [-0.2, -0.15) is 0 Å². The van der Waals surface area contributed by atoms with E-state index in [0.29, 0.717) is 5.52 Å². The molecular weight excluding hydrogens is 334 g/mol. The highest BCUT2D eigenvalue weighted by atomic mass is 32.2. The van der Waals surface area contributed by atoms with Crippen molar-refractivity contribution in [1.29, 1.82) is 0 Å². The molecule has 1 fully saturated rings. The topological polar surface area (TPSA) is 51.6 Å². The summed E-state index contributed by atoms with van der Waals surface area (Å²) in [5.74, 6) is 0. The van der Waals surface area contributed by atoms with Crippen molar-refractivity contribution in [3.05, 3.63) is 78.5 Å². The second-order valence-corrected chi connectivity index (χ2v) is 8.42. The lowest BCUT2D eigenvalue weighted by Gasteiger charge is -2.11. The van der Waals surface area contributed by atoms with Crippen LogP contribution in [0.1, 0.15) is 24.2 Å². The summed E-state index contributed by atoms with van der Waals surface area (Å²) >= 11 is 0. The van der Waals surface area contributed by atoms with Gasteiger partial charge in [0.2, 0.25) is 0 Å². The van der Waals surface area contributed by atoms with E-state index in [1.54, 1.807) is 36.5 Å². The standard InChI is InChI=1S/C20H19NO3S/c1-4-20(3)19(24-20)17-7-5-6-15-12-13-21(18(15)17)25(22,23)16-10-8-14(2)9-11-16/h4-13,19H,1H2,2-3H3/t19-,20-/m1/s1. The van der Waals surface area contributed by atoms with E-state index in [9.17, 15) is 8.42 Å². The van der Waals surface area contributed by atoms with E-state index in [1.807, 2.05) is 38.1 Å². The Balaban J connectivity index is 1.92. The van der Waals surface area contributed by atoms with Crippen LogP contribution in [0, 0.1) is 6.92 Å². The van der Waals surface area contributed by atoms with E-state index in [1.165, 1.54) is 3.97 Å². The number of rotatable bonds is 4. The third-order valence-electron chi connectivity index (χ3n) is 4.81. The third kappa shape index (κ3) is 2.42. The Labute approximate surface area is 147 Å². The largest absolute Gasteiger partial charge is 0.357 e. The Morgan fingerprint density at radius 1 is 1.16 bits per heavy atom. The zero-order valence-electron chi connectivity index (χ0n) is 14.1. The molecule has 1 aliphatic heterocycles. The Bertz CT molecular complexity index is 1080. The molecule has 0 unspecified atom stereocenters. The monoisotopic (exact) mass is 353 g/mol. The van der Waals surface area contributed by atoms with Crippen LogP contribution in [-0.2, 0) is 14.8 Å². The number of hydrogen-bond acceptors (Lipinski definition) is 3. The molecule has 25 heavy (non-hydrogen) atoms. The average Bonchev–Trinajstić information content (AvgIpc) is 3.08. The lowest BCUT2D eigenvalue weighted by atomic mass is 10.00. The SMILES string of the molecule is C=C[C@@]1(C)O[C@@H]1c1cccc2ccn(S(=O)(=O)c3ccc(C)cc3)c12. The van der Waals surface area contributed by atoms with Crippen molar-refractivity contribution >= 4 is 20.9 Å². The summed E-state index contributed by atoms with van der Waals surface area (Å²) < 4.78 is 33.4.